The van der Waals surface area contributed by atoms with Gasteiger partial charge in [-0.15, -0.1) is 0 Å². The lowest BCUT2D eigenvalue weighted by atomic mass is 10.1. The SMILES string of the molecule is C/C(=C\c1ccnc(F)c1)c1nn(-c2ccc(Cl)cc2F)c2cc(C)c(C)nc2c1=O. The minimum absolute atomic E-state index is 0.0785. The van der Waals surface area contributed by atoms with Crippen LogP contribution >= 0.6 is 11.6 Å². The van der Waals surface area contributed by atoms with Gasteiger partial charge in [0.25, 0.3) is 0 Å². The van der Waals surface area contributed by atoms with E-state index in [1.807, 2.05) is 6.92 Å². The average molecular weight is 439 g/mol. The number of aromatic nitrogens is 4. The van der Waals surface area contributed by atoms with Gasteiger partial charge in [0.1, 0.15) is 22.7 Å². The van der Waals surface area contributed by atoms with Gasteiger partial charge in [-0.05, 0) is 73.9 Å². The fourth-order valence-corrected chi connectivity index (χ4v) is 3.41. The Kier molecular flexibility index (Phi) is 5.37. The number of benzene rings is 1. The Morgan fingerprint density at radius 3 is 2.61 bits per heavy atom. The van der Waals surface area contributed by atoms with E-state index in [0.29, 0.717) is 22.3 Å². The lowest BCUT2D eigenvalue weighted by molar-refractivity contribution is 0.583. The fraction of sp³-hybridized carbons (Fsp3) is 0.130. The van der Waals surface area contributed by atoms with E-state index < -0.39 is 17.2 Å². The molecule has 0 saturated heterocycles. The molecule has 4 rings (SSSR count). The first-order valence-corrected chi connectivity index (χ1v) is 9.79. The van der Waals surface area contributed by atoms with Gasteiger partial charge >= 0.3 is 0 Å². The Balaban J connectivity index is 2.04. The van der Waals surface area contributed by atoms with Crippen molar-refractivity contribution in [1.82, 2.24) is 19.7 Å². The van der Waals surface area contributed by atoms with Crippen LogP contribution in [0.25, 0.3) is 28.4 Å². The van der Waals surface area contributed by atoms with Crippen LogP contribution in [0.4, 0.5) is 8.78 Å². The largest absolute Gasteiger partial charge is 0.285 e. The van der Waals surface area contributed by atoms with Crippen molar-refractivity contribution in [2.75, 3.05) is 0 Å². The van der Waals surface area contributed by atoms with Gasteiger partial charge < -0.3 is 0 Å². The molecule has 3 heterocycles. The Bertz CT molecular complexity index is 1430. The summed E-state index contributed by atoms with van der Waals surface area (Å²) in [5, 5.41) is 4.70. The molecule has 0 saturated carbocycles. The van der Waals surface area contributed by atoms with Crippen LogP contribution < -0.4 is 5.43 Å². The van der Waals surface area contributed by atoms with Crippen LogP contribution in [-0.4, -0.2) is 19.7 Å². The summed E-state index contributed by atoms with van der Waals surface area (Å²) < 4.78 is 29.6. The highest BCUT2D eigenvalue weighted by molar-refractivity contribution is 6.30. The summed E-state index contributed by atoms with van der Waals surface area (Å²) in [6, 6.07) is 8.82. The van der Waals surface area contributed by atoms with Crippen LogP contribution in [0.2, 0.25) is 5.02 Å². The highest BCUT2D eigenvalue weighted by Gasteiger charge is 2.18. The Morgan fingerprint density at radius 1 is 1.13 bits per heavy atom. The normalized spacial score (nSPS) is 11.9. The summed E-state index contributed by atoms with van der Waals surface area (Å²) in [6.45, 7) is 5.33. The fourth-order valence-electron chi connectivity index (χ4n) is 3.25. The van der Waals surface area contributed by atoms with Gasteiger partial charge in [-0.3, -0.25) is 4.79 Å². The molecule has 0 aliphatic carbocycles. The standard InChI is InChI=1S/C23H17ClF2N4O/c1-12-9-19-22(28-14(12)3)23(31)21(13(2)8-15-6-7-27-20(26)10-15)29-30(19)18-5-4-16(24)11-17(18)25/h4-11H,1-3H3/b13-8+. The molecule has 0 bridgehead atoms. The van der Waals surface area contributed by atoms with Crippen LogP contribution in [0.15, 0.2) is 47.4 Å². The monoisotopic (exact) mass is 438 g/mol. The van der Waals surface area contributed by atoms with Crippen molar-refractivity contribution >= 4 is 34.3 Å². The first-order chi connectivity index (χ1) is 14.7. The second-order valence-corrected chi connectivity index (χ2v) is 7.62. The summed E-state index contributed by atoms with van der Waals surface area (Å²) in [5.74, 6) is -1.23. The van der Waals surface area contributed by atoms with E-state index in [4.69, 9.17) is 11.6 Å². The summed E-state index contributed by atoms with van der Waals surface area (Å²) in [7, 11) is 0. The maximum absolute atomic E-state index is 14.8. The van der Waals surface area contributed by atoms with Crippen LogP contribution in [0.5, 0.6) is 0 Å². The van der Waals surface area contributed by atoms with Crippen molar-refractivity contribution in [2.24, 2.45) is 0 Å². The van der Waals surface area contributed by atoms with E-state index in [1.54, 1.807) is 38.1 Å². The van der Waals surface area contributed by atoms with Crippen molar-refractivity contribution in [1.29, 1.82) is 0 Å². The zero-order chi connectivity index (χ0) is 22.3. The van der Waals surface area contributed by atoms with Gasteiger partial charge in [0, 0.05) is 23.0 Å². The van der Waals surface area contributed by atoms with Gasteiger partial charge in [0.15, 0.2) is 0 Å². The van der Waals surface area contributed by atoms with Crippen LogP contribution in [0.1, 0.15) is 29.4 Å². The van der Waals surface area contributed by atoms with E-state index >= 15 is 0 Å². The number of hydrogen-bond donors (Lipinski definition) is 0. The van der Waals surface area contributed by atoms with Crippen LogP contribution in [0, 0.1) is 25.6 Å². The molecule has 1 aromatic carbocycles. The molecular weight excluding hydrogens is 422 g/mol. The lowest BCUT2D eigenvalue weighted by Gasteiger charge is -2.14. The van der Waals surface area contributed by atoms with Gasteiger partial charge in [-0.1, -0.05) is 11.6 Å². The van der Waals surface area contributed by atoms with E-state index in [0.717, 1.165) is 5.56 Å². The second kappa shape index (κ2) is 8.00. The molecule has 3 aromatic heterocycles. The molecule has 0 amide bonds. The summed E-state index contributed by atoms with van der Waals surface area (Å²) in [6.07, 6.45) is 2.95. The third-order valence-corrected chi connectivity index (χ3v) is 5.18. The van der Waals surface area contributed by atoms with E-state index in [1.165, 1.54) is 29.1 Å². The molecule has 0 aliphatic rings. The second-order valence-electron chi connectivity index (χ2n) is 7.18. The molecule has 156 valence electrons. The minimum Gasteiger partial charge on any atom is -0.285 e. The molecule has 0 radical (unpaired) electrons. The van der Waals surface area contributed by atoms with Crippen molar-refractivity contribution in [3.8, 4) is 5.69 Å². The van der Waals surface area contributed by atoms with Crippen LogP contribution in [-0.2, 0) is 0 Å². The van der Waals surface area contributed by atoms with Crippen LogP contribution in [0.3, 0.4) is 0 Å². The van der Waals surface area contributed by atoms with E-state index in [2.05, 4.69) is 15.1 Å². The molecule has 0 aliphatic heterocycles. The van der Waals surface area contributed by atoms with Crippen molar-refractivity contribution in [3.63, 3.8) is 0 Å². The third kappa shape index (κ3) is 3.96. The Labute approximate surface area is 181 Å². The van der Waals surface area contributed by atoms with E-state index in [-0.39, 0.29) is 21.9 Å². The molecule has 0 fully saturated rings. The smallest absolute Gasteiger partial charge is 0.233 e. The number of pyridine rings is 2. The zero-order valence-electron chi connectivity index (χ0n) is 16.9. The summed E-state index contributed by atoms with van der Waals surface area (Å²) in [5.41, 5.74) is 2.86. The average Bonchev–Trinajstić information content (AvgIpc) is 2.70. The first kappa shape index (κ1) is 20.8. The van der Waals surface area contributed by atoms with Gasteiger partial charge in [-0.25, -0.2) is 19.0 Å². The number of fused-ring (bicyclic) bond motifs is 1. The molecule has 0 unspecified atom stereocenters. The predicted octanol–water partition coefficient (Wildman–Crippen LogP) is 5.28. The maximum atomic E-state index is 14.8. The number of aryl methyl sites for hydroxylation is 2. The van der Waals surface area contributed by atoms with Crippen molar-refractivity contribution in [3.05, 3.63) is 92.1 Å². The topological polar surface area (TPSA) is 60.7 Å². The number of hydrogen-bond acceptors (Lipinski definition) is 4. The van der Waals surface area contributed by atoms with Crippen molar-refractivity contribution in [2.45, 2.75) is 20.8 Å². The molecule has 0 atom stereocenters. The van der Waals surface area contributed by atoms with E-state index in [9.17, 15) is 13.6 Å². The van der Waals surface area contributed by atoms with Gasteiger partial charge in [0.05, 0.1) is 5.52 Å². The summed E-state index contributed by atoms with van der Waals surface area (Å²) in [4.78, 5) is 21.2. The lowest BCUT2D eigenvalue weighted by Crippen LogP contribution is -2.20. The predicted molar refractivity (Wildman–Crippen MR) is 117 cm³/mol. The maximum Gasteiger partial charge on any atom is 0.233 e. The highest BCUT2D eigenvalue weighted by Crippen LogP contribution is 2.24. The number of halogens is 3. The van der Waals surface area contributed by atoms with Crippen molar-refractivity contribution < 1.29 is 8.78 Å². The molecule has 8 heteroatoms. The number of rotatable bonds is 3. The zero-order valence-corrected chi connectivity index (χ0v) is 17.7. The molecular formula is C23H17ClF2N4O. The third-order valence-electron chi connectivity index (χ3n) is 4.95. The van der Waals surface area contributed by atoms with Gasteiger partial charge in [0.2, 0.25) is 11.4 Å². The highest BCUT2D eigenvalue weighted by atomic mass is 35.5. The first-order valence-electron chi connectivity index (χ1n) is 9.41. The summed E-state index contributed by atoms with van der Waals surface area (Å²) >= 11 is 5.90. The number of allylic oxidation sites excluding steroid dienone is 1. The minimum atomic E-state index is -0.638. The number of nitrogens with zero attached hydrogens (tertiary/aromatic N) is 4. The Hall–Kier alpha value is -3.45. The quantitative estimate of drug-likeness (QED) is 0.408. The molecule has 0 N–H and O–H groups in total. The molecule has 0 spiro atoms. The Morgan fingerprint density at radius 2 is 1.90 bits per heavy atom. The molecule has 5 nitrogen and oxygen atoms in total. The molecule has 4 aromatic rings. The molecule has 31 heavy (non-hydrogen) atoms. The van der Waals surface area contributed by atoms with Gasteiger partial charge in [-0.2, -0.15) is 9.49 Å².